The molecule has 1 fully saturated rings. The molecule has 2 aromatic heterocycles. The molecule has 2 N–H and O–H groups in total. The zero-order valence-corrected chi connectivity index (χ0v) is 11.1. The molecule has 1 amide bonds. The highest BCUT2D eigenvalue weighted by Gasteiger charge is 2.20. The summed E-state index contributed by atoms with van der Waals surface area (Å²) in [5, 5.41) is 22.1. The van der Waals surface area contributed by atoms with Crippen molar-refractivity contribution in [2.45, 2.75) is 38.0 Å². The van der Waals surface area contributed by atoms with Crippen LogP contribution < -0.4 is 5.32 Å². The van der Waals surface area contributed by atoms with Crippen molar-refractivity contribution < 1.29 is 4.79 Å². The van der Waals surface area contributed by atoms with E-state index in [0.717, 1.165) is 5.01 Å². The number of nitrogens with one attached hydrogen (secondary N) is 2. The van der Waals surface area contributed by atoms with Crippen molar-refractivity contribution in [2.24, 2.45) is 0 Å². The summed E-state index contributed by atoms with van der Waals surface area (Å²) in [5.41, 5.74) is 0.245. The predicted octanol–water partition coefficient (Wildman–Crippen LogP) is 1.96. The summed E-state index contributed by atoms with van der Waals surface area (Å²) < 4.78 is 0. The molecule has 0 aromatic carbocycles. The van der Waals surface area contributed by atoms with E-state index in [1.807, 2.05) is 0 Å². The van der Waals surface area contributed by atoms with Crippen molar-refractivity contribution >= 4 is 22.4 Å². The number of aromatic amines is 1. The number of hydrogen-bond acceptors (Lipinski definition) is 6. The van der Waals surface area contributed by atoms with E-state index in [2.05, 4.69) is 30.9 Å². The second-order valence-corrected chi connectivity index (χ2v) is 5.60. The van der Waals surface area contributed by atoms with Crippen LogP contribution in [-0.4, -0.2) is 31.5 Å². The van der Waals surface area contributed by atoms with Crippen molar-refractivity contribution in [3.8, 4) is 0 Å². The first-order valence-corrected chi connectivity index (χ1v) is 7.15. The summed E-state index contributed by atoms with van der Waals surface area (Å²) in [6.07, 6.45) is 7.54. The molecule has 3 rings (SSSR count). The second-order valence-electron chi connectivity index (χ2n) is 4.59. The number of carbonyl (C=O) groups excluding carboxylic acids is 1. The van der Waals surface area contributed by atoms with Gasteiger partial charge in [0, 0.05) is 5.92 Å². The van der Waals surface area contributed by atoms with E-state index in [1.54, 1.807) is 0 Å². The highest BCUT2D eigenvalue weighted by molar-refractivity contribution is 7.15. The highest BCUT2D eigenvalue weighted by atomic mass is 32.1. The maximum absolute atomic E-state index is 11.8. The van der Waals surface area contributed by atoms with E-state index < -0.39 is 0 Å². The Hall–Kier alpha value is -1.83. The fraction of sp³-hybridized carbons (Fsp3) is 0.545. The van der Waals surface area contributed by atoms with Gasteiger partial charge < -0.3 is 0 Å². The molecule has 1 aliphatic rings. The van der Waals surface area contributed by atoms with Gasteiger partial charge in [0.2, 0.25) is 5.13 Å². The van der Waals surface area contributed by atoms with E-state index in [9.17, 15) is 4.79 Å². The van der Waals surface area contributed by atoms with Crippen molar-refractivity contribution in [3.05, 3.63) is 16.9 Å². The molecule has 7 nitrogen and oxygen atoms in total. The maximum atomic E-state index is 11.8. The molecular weight excluding hydrogens is 264 g/mol. The predicted molar refractivity (Wildman–Crippen MR) is 70.1 cm³/mol. The second kappa shape index (κ2) is 5.43. The van der Waals surface area contributed by atoms with Gasteiger partial charge in [-0.3, -0.25) is 10.1 Å². The van der Waals surface area contributed by atoms with Gasteiger partial charge in [-0.15, -0.1) is 10.2 Å². The lowest BCUT2D eigenvalue weighted by Gasteiger charge is -2.18. The number of carbonyl (C=O) groups is 1. The Morgan fingerprint density at radius 1 is 1.32 bits per heavy atom. The Balaban J connectivity index is 1.66. The summed E-state index contributed by atoms with van der Waals surface area (Å²) in [7, 11) is 0. The van der Waals surface area contributed by atoms with E-state index >= 15 is 0 Å². The third-order valence-corrected chi connectivity index (χ3v) is 4.26. The van der Waals surface area contributed by atoms with Crippen LogP contribution in [0.4, 0.5) is 5.13 Å². The number of nitrogens with zero attached hydrogens (tertiary/aromatic N) is 4. The van der Waals surface area contributed by atoms with Gasteiger partial charge in [0.05, 0.1) is 6.20 Å². The van der Waals surface area contributed by atoms with Crippen LogP contribution in [0.3, 0.4) is 0 Å². The van der Waals surface area contributed by atoms with Gasteiger partial charge in [0.15, 0.2) is 5.69 Å². The van der Waals surface area contributed by atoms with Gasteiger partial charge in [0.1, 0.15) is 5.01 Å². The summed E-state index contributed by atoms with van der Waals surface area (Å²) in [4.78, 5) is 11.8. The maximum Gasteiger partial charge on any atom is 0.279 e. The number of aromatic nitrogens is 5. The summed E-state index contributed by atoms with van der Waals surface area (Å²) in [6, 6.07) is 0. The molecule has 2 heterocycles. The van der Waals surface area contributed by atoms with Crippen molar-refractivity contribution in [1.82, 2.24) is 25.6 Å². The monoisotopic (exact) mass is 278 g/mol. The number of amides is 1. The van der Waals surface area contributed by atoms with Crippen LogP contribution in [0.5, 0.6) is 0 Å². The Labute approximate surface area is 113 Å². The third kappa shape index (κ3) is 2.78. The highest BCUT2D eigenvalue weighted by Crippen LogP contribution is 2.35. The van der Waals surface area contributed by atoms with Crippen LogP contribution in [0.25, 0.3) is 0 Å². The number of rotatable bonds is 3. The van der Waals surface area contributed by atoms with Crippen LogP contribution in [0.15, 0.2) is 6.20 Å². The van der Waals surface area contributed by atoms with Crippen LogP contribution in [-0.2, 0) is 0 Å². The molecule has 0 atom stereocenters. The molecule has 100 valence electrons. The molecule has 0 spiro atoms. The summed E-state index contributed by atoms with van der Waals surface area (Å²) in [6.45, 7) is 0. The van der Waals surface area contributed by atoms with Crippen LogP contribution >= 0.6 is 11.3 Å². The Bertz CT molecular complexity index is 545. The molecule has 1 saturated carbocycles. The average molecular weight is 278 g/mol. The Morgan fingerprint density at radius 3 is 2.89 bits per heavy atom. The minimum absolute atomic E-state index is 0.245. The SMILES string of the molecule is O=C(Nc1nnc(C2CCCCC2)s1)c1cn[nH]n1. The zero-order valence-electron chi connectivity index (χ0n) is 10.3. The van der Waals surface area contributed by atoms with Crippen molar-refractivity contribution in [3.63, 3.8) is 0 Å². The Kier molecular flexibility index (Phi) is 3.49. The van der Waals surface area contributed by atoms with Crippen LogP contribution in [0.1, 0.15) is 53.5 Å². The fourth-order valence-electron chi connectivity index (χ4n) is 2.27. The first kappa shape index (κ1) is 12.2. The van der Waals surface area contributed by atoms with E-state index in [1.165, 1.54) is 49.6 Å². The topological polar surface area (TPSA) is 96.5 Å². The summed E-state index contributed by atoms with van der Waals surface area (Å²) in [5.74, 6) is 0.184. The third-order valence-electron chi connectivity index (χ3n) is 3.26. The fourth-order valence-corrected chi connectivity index (χ4v) is 3.18. The first-order chi connectivity index (χ1) is 9.33. The van der Waals surface area contributed by atoms with Gasteiger partial charge in [0.25, 0.3) is 5.91 Å². The van der Waals surface area contributed by atoms with Crippen LogP contribution in [0, 0.1) is 0 Å². The first-order valence-electron chi connectivity index (χ1n) is 6.33. The quantitative estimate of drug-likeness (QED) is 0.894. The normalized spacial score (nSPS) is 16.4. The molecule has 0 radical (unpaired) electrons. The van der Waals surface area contributed by atoms with Gasteiger partial charge in [-0.25, -0.2) is 0 Å². The van der Waals surface area contributed by atoms with Gasteiger partial charge in [-0.1, -0.05) is 30.6 Å². The van der Waals surface area contributed by atoms with E-state index in [4.69, 9.17) is 0 Å². The molecule has 19 heavy (non-hydrogen) atoms. The zero-order chi connectivity index (χ0) is 13.1. The van der Waals surface area contributed by atoms with Gasteiger partial charge in [-0.05, 0) is 12.8 Å². The molecule has 0 saturated heterocycles. The summed E-state index contributed by atoms with van der Waals surface area (Å²) >= 11 is 1.45. The molecule has 8 heteroatoms. The van der Waals surface area contributed by atoms with Gasteiger partial charge >= 0.3 is 0 Å². The van der Waals surface area contributed by atoms with Crippen molar-refractivity contribution in [2.75, 3.05) is 5.32 Å². The minimum Gasteiger partial charge on any atom is -0.295 e. The molecule has 2 aromatic rings. The van der Waals surface area contributed by atoms with E-state index in [-0.39, 0.29) is 11.6 Å². The van der Waals surface area contributed by atoms with E-state index in [0.29, 0.717) is 11.0 Å². The Morgan fingerprint density at radius 2 is 2.16 bits per heavy atom. The lowest BCUT2D eigenvalue weighted by atomic mass is 9.90. The molecule has 1 aliphatic carbocycles. The lowest BCUT2D eigenvalue weighted by Crippen LogP contribution is -2.12. The molecule has 0 unspecified atom stereocenters. The van der Waals surface area contributed by atoms with Crippen molar-refractivity contribution in [1.29, 1.82) is 0 Å². The molecule has 0 bridgehead atoms. The minimum atomic E-state index is -0.319. The number of anilines is 1. The van der Waals surface area contributed by atoms with Gasteiger partial charge in [-0.2, -0.15) is 15.4 Å². The number of hydrogen-bond donors (Lipinski definition) is 2. The van der Waals surface area contributed by atoms with Crippen LogP contribution in [0.2, 0.25) is 0 Å². The lowest BCUT2D eigenvalue weighted by molar-refractivity contribution is 0.102. The molecular formula is C11H14N6OS. The number of H-pyrrole nitrogens is 1. The largest absolute Gasteiger partial charge is 0.295 e. The standard InChI is InChI=1S/C11H14N6OS/c18-9(8-6-12-17-14-8)13-11-16-15-10(19-11)7-4-2-1-3-5-7/h6-7H,1-5H2,(H,12,14,17)(H,13,16,18). The smallest absolute Gasteiger partial charge is 0.279 e. The average Bonchev–Trinajstić information content (AvgIpc) is 3.11. The molecule has 0 aliphatic heterocycles.